The summed E-state index contributed by atoms with van der Waals surface area (Å²) in [6.07, 6.45) is 32.6. The zero-order valence-corrected chi connectivity index (χ0v) is 17.9. The molecule has 0 radical (unpaired) electrons. The Morgan fingerprint density at radius 3 is 1.15 bits per heavy atom. The number of rotatable bonds is 1. The molecule has 26 heavy (non-hydrogen) atoms. The molecule has 1 nitrogen and oxygen atoms in total. The maximum atomic E-state index is 4.05. The van der Waals surface area contributed by atoms with Gasteiger partial charge < -0.3 is 5.32 Å². The highest BCUT2D eigenvalue weighted by Gasteiger charge is 2.20. The minimum absolute atomic E-state index is 0.820. The maximum Gasteiger partial charge on any atom is 0.00953 e. The molecule has 0 amide bonds. The van der Waals surface area contributed by atoms with Crippen LogP contribution < -0.4 is 5.32 Å². The number of nitrogens with one attached hydrogen (secondary N) is 1. The molecule has 1 saturated heterocycles. The maximum absolute atomic E-state index is 4.05. The van der Waals surface area contributed by atoms with Crippen molar-refractivity contribution >= 4 is 0 Å². The molecule has 0 aromatic carbocycles. The SMILES string of the molecule is C1CCCCCCC(C2CCCCCCCCCCCN2)CCCCC1. The summed E-state index contributed by atoms with van der Waals surface area (Å²) in [5.74, 6) is 0.959. The fourth-order valence-corrected chi connectivity index (χ4v) is 5.29. The predicted octanol–water partition coefficient (Wildman–Crippen LogP) is 8.17. The fourth-order valence-electron chi connectivity index (χ4n) is 5.29. The first-order valence-corrected chi connectivity index (χ1v) is 12.7. The van der Waals surface area contributed by atoms with Crippen LogP contribution in [0.25, 0.3) is 0 Å². The van der Waals surface area contributed by atoms with Gasteiger partial charge in [-0.15, -0.1) is 0 Å². The van der Waals surface area contributed by atoms with Crippen molar-refractivity contribution in [1.29, 1.82) is 0 Å². The van der Waals surface area contributed by atoms with Crippen molar-refractivity contribution in [2.24, 2.45) is 5.92 Å². The lowest BCUT2D eigenvalue weighted by molar-refractivity contribution is 0.278. The van der Waals surface area contributed by atoms with Crippen LogP contribution in [0.5, 0.6) is 0 Å². The van der Waals surface area contributed by atoms with E-state index in [1.807, 2.05) is 0 Å². The van der Waals surface area contributed by atoms with E-state index in [2.05, 4.69) is 5.32 Å². The summed E-state index contributed by atoms with van der Waals surface area (Å²) in [5, 5.41) is 4.05. The highest BCUT2D eigenvalue weighted by molar-refractivity contribution is 4.78. The predicted molar refractivity (Wildman–Crippen MR) is 117 cm³/mol. The molecule has 1 aliphatic heterocycles. The minimum atomic E-state index is 0.820. The molecular weight excluding hydrogens is 314 g/mol. The molecule has 2 aliphatic rings. The standard InChI is InChI=1S/C25H49N/c1-2-5-9-13-17-21-24(20-16-12-8-4-1)25-22-18-14-10-6-3-7-11-15-19-23-26-25/h24-26H,1-23H2. The van der Waals surface area contributed by atoms with E-state index >= 15 is 0 Å². The van der Waals surface area contributed by atoms with Gasteiger partial charge in [0.05, 0.1) is 0 Å². The van der Waals surface area contributed by atoms with Crippen LogP contribution in [-0.4, -0.2) is 12.6 Å². The molecule has 1 unspecified atom stereocenters. The summed E-state index contributed by atoms with van der Waals surface area (Å²) >= 11 is 0. The molecular formula is C25H49N. The first-order chi connectivity index (χ1) is 13.0. The summed E-state index contributed by atoms with van der Waals surface area (Å²) in [7, 11) is 0. The summed E-state index contributed by atoms with van der Waals surface area (Å²) < 4.78 is 0. The monoisotopic (exact) mass is 363 g/mol. The van der Waals surface area contributed by atoms with Gasteiger partial charge in [-0.3, -0.25) is 0 Å². The van der Waals surface area contributed by atoms with E-state index in [1.165, 1.54) is 148 Å². The molecule has 154 valence electrons. The summed E-state index contributed by atoms with van der Waals surface area (Å²) in [4.78, 5) is 0. The Kier molecular flexibility index (Phi) is 13.7. The summed E-state index contributed by atoms with van der Waals surface area (Å²) in [5.41, 5.74) is 0. The minimum Gasteiger partial charge on any atom is -0.314 e. The van der Waals surface area contributed by atoms with Gasteiger partial charge in [0.25, 0.3) is 0 Å². The molecule has 0 aromatic rings. The van der Waals surface area contributed by atoms with Gasteiger partial charge in [0.1, 0.15) is 0 Å². The number of hydrogen-bond acceptors (Lipinski definition) is 1. The Labute approximate surface area is 165 Å². The van der Waals surface area contributed by atoms with E-state index in [0.717, 1.165) is 12.0 Å². The van der Waals surface area contributed by atoms with E-state index in [9.17, 15) is 0 Å². The van der Waals surface area contributed by atoms with Crippen LogP contribution in [0, 0.1) is 5.92 Å². The molecule has 1 atom stereocenters. The molecule has 1 heterocycles. The van der Waals surface area contributed by atoms with Gasteiger partial charge in [-0.2, -0.15) is 0 Å². The first kappa shape index (κ1) is 22.3. The largest absolute Gasteiger partial charge is 0.314 e. The second-order valence-corrected chi connectivity index (χ2v) is 9.40. The highest BCUT2D eigenvalue weighted by Crippen LogP contribution is 2.26. The third-order valence-electron chi connectivity index (χ3n) is 7.07. The Morgan fingerprint density at radius 2 is 0.692 bits per heavy atom. The van der Waals surface area contributed by atoms with E-state index < -0.39 is 0 Å². The smallest absolute Gasteiger partial charge is 0.00953 e. The van der Waals surface area contributed by atoms with Crippen molar-refractivity contribution in [3.8, 4) is 0 Å². The Balaban J connectivity index is 1.83. The molecule has 2 fully saturated rings. The zero-order valence-electron chi connectivity index (χ0n) is 17.9. The third-order valence-corrected chi connectivity index (χ3v) is 7.07. The second-order valence-electron chi connectivity index (χ2n) is 9.40. The lowest BCUT2D eigenvalue weighted by Crippen LogP contribution is -2.37. The van der Waals surface area contributed by atoms with Gasteiger partial charge in [0.15, 0.2) is 0 Å². The normalized spacial score (nSPS) is 28.4. The molecule has 1 heteroatoms. The van der Waals surface area contributed by atoms with Crippen LogP contribution >= 0.6 is 0 Å². The van der Waals surface area contributed by atoms with E-state index in [0.29, 0.717) is 0 Å². The Morgan fingerprint density at radius 1 is 0.346 bits per heavy atom. The van der Waals surface area contributed by atoms with Gasteiger partial charge in [-0.25, -0.2) is 0 Å². The molecule has 1 saturated carbocycles. The van der Waals surface area contributed by atoms with Gasteiger partial charge in [0.2, 0.25) is 0 Å². The third kappa shape index (κ3) is 11.0. The van der Waals surface area contributed by atoms with Crippen molar-refractivity contribution in [3.63, 3.8) is 0 Å². The fraction of sp³-hybridized carbons (Fsp3) is 1.00. The topological polar surface area (TPSA) is 12.0 Å². The average molecular weight is 364 g/mol. The first-order valence-electron chi connectivity index (χ1n) is 12.7. The molecule has 0 bridgehead atoms. The van der Waals surface area contributed by atoms with Crippen LogP contribution in [0.15, 0.2) is 0 Å². The zero-order chi connectivity index (χ0) is 18.1. The summed E-state index contributed by atoms with van der Waals surface area (Å²) in [6, 6.07) is 0.820. The molecule has 0 spiro atoms. The van der Waals surface area contributed by atoms with Crippen molar-refractivity contribution < 1.29 is 0 Å². The van der Waals surface area contributed by atoms with Crippen LogP contribution in [-0.2, 0) is 0 Å². The van der Waals surface area contributed by atoms with E-state index in [1.54, 1.807) is 0 Å². The van der Waals surface area contributed by atoms with Crippen molar-refractivity contribution in [2.45, 2.75) is 147 Å². The van der Waals surface area contributed by atoms with Gasteiger partial charge in [-0.1, -0.05) is 116 Å². The van der Waals surface area contributed by atoms with E-state index in [-0.39, 0.29) is 0 Å². The Hall–Kier alpha value is -0.0400. The molecule has 1 N–H and O–H groups in total. The lowest BCUT2D eigenvalue weighted by atomic mass is 9.85. The van der Waals surface area contributed by atoms with Crippen LogP contribution in [0.4, 0.5) is 0 Å². The quantitative estimate of drug-likeness (QED) is 0.495. The van der Waals surface area contributed by atoms with Gasteiger partial charge >= 0.3 is 0 Å². The molecule has 1 aliphatic carbocycles. The Bertz CT molecular complexity index is 243. The van der Waals surface area contributed by atoms with E-state index in [4.69, 9.17) is 0 Å². The van der Waals surface area contributed by atoms with Gasteiger partial charge in [0, 0.05) is 6.04 Å². The summed E-state index contributed by atoms with van der Waals surface area (Å²) in [6.45, 7) is 1.28. The highest BCUT2D eigenvalue weighted by atomic mass is 14.9. The van der Waals surface area contributed by atoms with Crippen LogP contribution in [0.2, 0.25) is 0 Å². The van der Waals surface area contributed by atoms with Crippen molar-refractivity contribution in [1.82, 2.24) is 5.32 Å². The lowest BCUT2D eigenvalue weighted by Gasteiger charge is -2.29. The average Bonchev–Trinajstić information content (AvgIpc) is 2.70. The van der Waals surface area contributed by atoms with Crippen molar-refractivity contribution in [2.75, 3.05) is 6.54 Å². The van der Waals surface area contributed by atoms with Crippen LogP contribution in [0.3, 0.4) is 0 Å². The molecule has 0 aromatic heterocycles. The molecule has 2 rings (SSSR count). The van der Waals surface area contributed by atoms with Crippen LogP contribution in [0.1, 0.15) is 141 Å². The van der Waals surface area contributed by atoms with Crippen molar-refractivity contribution in [3.05, 3.63) is 0 Å². The van der Waals surface area contributed by atoms with Gasteiger partial charge in [-0.05, 0) is 38.1 Å². The number of hydrogen-bond donors (Lipinski definition) is 1. The second kappa shape index (κ2) is 16.0.